The minimum absolute atomic E-state index is 0.273. The number of aromatic nitrogens is 3. The zero-order valence-corrected chi connectivity index (χ0v) is 16.9. The van der Waals surface area contributed by atoms with Crippen LogP contribution in [0.4, 0.5) is 5.95 Å². The van der Waals surface area contributed by atoms with Crippen LogP contribution in [-0.2, 0) is 6.54 Å². The Morgan fingerprint density at radius 1 is 1.13 bits per heavy atom. The normalized spacial score (nSPS) is 11.8. The number of para-hydroxylation sites is 1. The zero-order valence-electron chi connectivity index (χ0n) is 16.2. The van der Waals surface area contributed by atoms with Crippen LogP contribution in [0.3, 0.4) is 0 Å². The maximum absolute atomic E-state index is 13.1. The number of hydrogen-bond acceptors (Lipinski definition) is 6. The molecule has 0 aliphatic rings. The van der Waals surface area contributed by atoms with Crippen molar-refractivity contribution in [1.29, 1.82) is 0 Å². The van der Waals surface area contributed by atoms with Crippen LogP contribution in [0.15, 0.2) is 77.4 Å². The molecular formula is C22H19ClN4O3. The summed E-state index contributed by atoms with van der Waals surface area (Å²) in [5.41, 5.74) is 0.870. The van der Waals surface area contributed by atoms with Crippen molar-refractivity contribution in [2.75, 3.05) is 5.32 Å². The largest absolute Gasteiger partial charge is 0.481 e. The summed E-state index contributed by atoms with van der Waals surface area (Å²) in [7, 11) is 0. The van der Waals surface area contributed by atoms with Crippen molar-refractivity contribution in [2.45, 2.75) is 19.6 Å². The zero-order chi connectivity index (χ0) is 20.9. The number of furan rings is 1. The Balaban J connectivity index is 1.60. The van der Waals surface area contributed by atoms with Crippen molar-refractivity contribution in [2.24, 2.45) is 0 Å². The highest BCUT2D eigenvalue weighted by Gasteiger charge is 2.24. The van der Waals surface area contributed by atoms with Gasteiger partial charge in [0.15, 0.2) is 11.9 Å². The van der Waals surface area contributed by atoms with Crippen LogP contribution in [0.5, 0.6) is 5.75 Å². The van der Waals surface area contributed by atoms with Crippen molar-refractivity contribution >= 4 is 23.5 Å². The second kappa shape index (κ2) is 8.84. The summed E-state index contributed by atoms with van der Waals surface area (Å²) in [5.74, 6) is 1.25. The van der Waals surface area contributed by atoms with E-state index in [0.29, 0.717) is 28.9 Å². The minimum atomic E-state index is -0.778. The van der Waals surface area contributed by atoms with E-state index in [1.807, 2.05) is 36.4 Å². The lowest BCUT2D eigenvalue weighted by Crippen LogP contribution is -2.31. The first-order chi connectivity index (χ1) is 14.6. The quantitative estimate of drug-likeness (QED) is 0.455. The van der Waals surface area contributed by atoms with E-state index >= 15 is 0 Å². The molecule has 8 heteroatoms. The molecule has 0 radical (unpaired) electrons. The number of hydrogen-bond donors (Lipinski definition) is 1. The molecule has 4 rings (SSSR count). The summed E-state index contributed by atoms with van der Waals surface area (Å²) in [4.78, 5) is 17.5. The van der Waals surface area contributed by atoms with E-state index in [0.717, 1.165) is 5.56 Å². The van der Waals surface area contributed by atoms with Crippen molar-refractivity contribution in [3.8, 4) is 17.3 Å². The van der Waals surface area contributed by atoms with Gasteiger partial charge in [0.25, 0.3) is 5.91 Å². The third-order valence-corrected chi connectivity index (χ3v) is 4.72. The predicted molar refractivity (Wildman–Crippen MR) is 114 cm³/mol. The first kappa shape index (κ1) is 19.7. The third-order valence-electron chi connectivity index (χ3n) is 4.36. The second-order valence-electron chi connectivity index (χ2n) is 6.50. The van der Waals surface area contributed by atoms with E-state index in [4.69, 9.17) is 20.8 Å². The van der Waals surface area contributed by atoms with Crippen molar-refractivity contribution in [3.05, 3.63) is 83.6 Å². The van der Waals surface area contributed by atoms with Gasteiger partial charge in [-0.05, 0) is 42.8 Å². The van der Waals surface area contributed by atoms with Gasteiger partial charge >= 0.3 is 0 Å². The number of nitrogens with one attached hydrogen (secondary N) is 1. The van der Waals surface area contributed by atoms with Crippen LogP contribution in [0.25, 0.3) is 11.6 Å². The Morgan fingerprint density at radius 2 is 1.90 bits per heavy atom. The average molecular weight is 423 g/mol. The monoisotopic (exact) mass is 422 g/mol. The van der Waals surface area contributed by atoms with Crippen LogP contribution in [-0.4, -0.2) is 26.8 Å². The van der Waals surface area contributed by atoms with E-state index in [2.05, 4.69) is 15.4 Å². The molecule has 2 aromatic carbocycles. The Bertz CT molecular complexity index is 1130. The third kappa shape index (κ3) is 4.36. The maximum atomic E-state index is 13.1. The van der Waals surface area contributed by atoms with E-state index < -0.39 is 6.10 Å². The van der Waals surface area contributed by atoms with Gasteiger partial charge in [-0.3, -0.25) is 4.79 Å². The summed E-state index contributed by atoms with van der Waals surface area (Å²) in [6.45, 7) is 2.04. The smallest absolute Gasteiger partial charge is 0.290 e. The highest BCUT2D eigenvalue weighted by molar-refractivity contribution is 6.31. The summed E-state index contributed by atoms with van der Waals surface area (Å²) in [6, 6.07) is 20.0. The van der Waals surface area contributed by atoms with Gasteiger partial charge in [0, 0.05) is 11.6 Å². The van der Waals surface area contributed by atoms with Crippen LogP contribution in [0.2, 0.25) is 5.02 Å². The molecule has 2 heterocycles. The first-order valence-corrected chi connectivity index (χ1v) is 9.74. The number of nitrogens with zero attached hydrogens (tertiary/aromatic N) is 3. The summed E-state index contributed by atoms with van der Waals surface area (Å²) < 4.78 is 12.3. The molecular weight excluding hydrogens is 404 g/mol. The lowest BCUT2D eigenvalue weighted by atomic mass is 10.2. The Labute approximate surface area is 178 Å². The van der Waals surface area contributed by atoms with Gasteiger partial charge < -0.3 is 14.5 Å². The van der Waals surface area contributed by atoms with E-state index in [-0.39, 0.29) is 11.9 Å². The van der Waals surface area contributed by atoms with Gasteiger partial charge in [-0.15, -0.1) is 5.10 Å². The molecule has 1 atom stereocenters. The average Bonchev–Trinajstić information content (AvgIpc) is 3.43. The second-order valence-corrected chi connectivity index (χ2v) is 6.91. The molecule has 7 nitrogen and oxygen atoms in total. The van der Waals surface area contributed by atoms with E-state index in [1.54, 1.807) is 37.3 Å². The SMILES string of the molecule is C[C@@H](Oc1ccccc1)C(=O)n1nc(-c2ccco2)nc1NCc1ccccc1Cl. The number of benzene rings is 2. The molecule has 1 N–H and O–H groups in total. The van der Waals surface area contributed by atoms with Gasteiger partial charge in [0.05, 0.1) is 6.26 Å². The molecule has 0 saturated carbocycles. The number of rotatable bonds is 7. The van der Waals surface area contributed by atoms with Crippen molar-refractivity contribution < 1.29 is 13.9 Å². The van der Waals surface area contributed by atoms with E-state index in [9.17, 15) is 4.79 Å². The highest BCUT2D eigenvalue weighted by Crippen LogP contribution is 2.21. The van der Waals surface area contributed by atoms with Gasteiger partial charge in [-0.1, -0.05) is 48.0 Å². The molecule has 0 amide bonds. The molecule has 30 heavy (non-hydrogen) atoms. The molecule has 152 valence electrons. The molecule has 0 aliphatic carbocycles. The standard InChI is InChI=1S/C22H19ClN4O3/c1-15(30-17-9-3-2-4-10-17)21(28)27-22(24-14-16-8-5-6-11-18(16)23)25-20(26-27)19-12-7-13-29-19/h2-13,15H,14H2,1H3,(H,24,25,26)/t15-/m1/s1. The minimum Gasteiger partial charge on any atom is -0.481 e. The highest BCUT2D eigenvalue weighted by atomic mass is 35.5. The van der Waals surface area contributed by atoms with Gasteiger partial charge in [-0.25, -0.2) is 0 Å². The van der Waals surface area contributed by atoms with Crippen LogP contribution in [0.1, 0.15) is 17.3 Å². The van der Waals surface area contributed by atoms with E-state index in [1.165, 1.54) is 10.9 Å². The van der Waals surface area contributed by atoms with Gasteiger partial charge in [0.2, 0.25) is 11.8 Å². The summed E-state index contributed by atoms with van der Waals surface area (Å²) >= 11 is 6.24. The number of ether oxygens (including phenoxy) is 1. The Kier molecular flexibility index (Phi) is 5.81. The van der Waals surface area contributed by atoms with Crippen molar-refractivity contribution in [3.63, 3.8) is 0 Å². The fraction of sp³-hybridized carbons (Fsp3) is 0.136. The fourth-order valence-electron chi connectivity index (χ4n) is 2.83. The van der Waals surface area contributed by atoms with Gasteiger partial charge in [0.1, 0.15) is 5.75 Å². The summed E-state index contributed by atoms with van der Waals surface area (Å²) in [5, 5.41) is 8.10. The fourth-order valence-corrected chi connectivity index (χ4v) is 3.03. The molecule has 0 saturated heterocycles. The predicted octanol–water partition coefficient (Wildman–Crippen LogP) is 4.91. The van der Waals surface area contributed by atoms with Crippen LogP contribution in [0, 0.1) is 0 Å². The molecule has 0 unspecified atom stereocenters. The molecule has 0 bridgehead atoms. The number of carbonyl (C=O) groups excluding carboxylic acids is 1. The molecule has 2 aromatic heterocycles. The topological polar surface area (TPSA) is 82.2 Å². The molecule has 0 spiro atoms. The lowest BCUT2D eigenvalue weighted by molar-refractivity contribution is 0.0713. The van der Waals surface area contributed by atoms with Crippen LogP contribution >= 0.6 is 11.6 Å². The maximum Gasteiger partial charge on any atom is 0.290 e. The number of anilines is 1. The van der Waals surface area contributed by atoms with Gasteiger partial charge in [-0.2, -0.15) is 9.67 Å². The van der Waals surface area contributed by atoms with Crippen molar-refractivity contribution in [1.82, 2.24) is 14.8 Å². The lowest BCUT2D eigenvalue weighted by Gasteiger charge is -2.14. The molecule has 0 fully saturated rings. The first-order valence-electron chi connectivity index (χ1n) is 9.36. The Hall–Kier alpha value is -3.58. The number of halogens is 1. The number of carbonyl (C=O) groups is 1. The molecule has 4 aromatic rings. The summed E-state index contributed by atoms with van der Waals surface area (Å²) in [6.07, 6.45) is 0.745. The van der Waals surface area contributed by atoms with Crippen LogP contribution < -0.4 is 10.1 Å². The Morgan fingerprint density at radius 3 is 2.63 bits per heavy atom. The molecule has 0 aliphatic heterocycles.